The molecule has 0 saturated carbocycles. The van der Waals surface area contributed by atoms with Crippen molar-refractivity contribution in [2.75, 3.05) is 31.2 Å². The number of carbonyl (C=O) groups is 1. The molecule has 1 aliphatic heterocycles. The fraction of sp³-hybridized carbons (Fsp3) is 0.286. The number of hydrogen-bond donors (Lipinski definition) is 1. The van der Waals surface area contributed by atoms with Crippen LogP contribution < -0.4 is 10.2 Å². The van der Waals surface area contributed by atoms with Crippen molar-refractivity contribution >= 4 is 22.6 Å². The van der Waals surface area contributed by atoms with E-state index in [1.807, 2.05) is 42.5 Å². The van der Waals surface area contributed by atoms with Crippen LogP contribution in [0.3, 0.4) is 0 Å². The van der Waals surface area contributed by atoms with E-state index in [0.29, 0.717) is 26.2 Å². The van der Waals surface area contributed by atoms with Crippen molar-refractivity contribution in [2.24, 2.45) is 0 Å². The molecule has 1 aliphatic rings. The van der Waals surface area contributed by atoms with Crippen molar-refractivity contribution < 1.29 is 9.53 Å². The molecule has 0 spiro atoms. The lowest BCUT2D eigenvalue weighted by Gasteiger charge is -2.29. The molecule has 0 atom stereocenters. The number of rotatable bonds is 5. The second-order valence-electron chi connectivity index (χ2n) is 6.53. The minimum absolute atomic E-state index is 0.0232. The van der Waals surface area contributed by atoms with Crippen LogP contribution in [0.5, 0.6) is 0 Å². The zero-order valence-corrected chi connectivity index (χ0v) is 15.1. The van der Waals surface area contributed by atoms with E-state index in [9.17, 15) is 4.79 Å². The first-order valence-corrected chi connectivity index (χ1v) is 9.17. The van der Waals surface area contributed by atoms with Crippen LogP contribution in [0.2, 0.25) is 0 Å². The molecular formula is C21H22N4O2. The molecule has 2 aromatic heterocycles. The Kier molecular flexibility index (Phi) is 5.25. The summed E-state index contributed by atoms with van der Waals surface area (Å²) in [6, 6.07) is 13.8. The molecule has 6 heteroatoms. The molecule has 27 heavy (non-hydrogen) atoms. The molecule has 3 heterocycles. The maximum atomic E-state index is 12.5. The molecule has 0 radical (unpaired) electrons. The lowest BCUT2D eigenvalue weighted by Crippen LogP contribution is -2.38. The molecule has 3 aromatic rings. The molecule has 138 valence electrons. The summed E-state index contributed by atoms with van der Waals surface area (Å²) in [6.45, 7) is 3.50. The molecule has 1 amide bonds. The van der Waals surface area contributed by atoms with Crippen molar-refractivity contribution in [3.8, 4) is 0 Å². The monoisotopic (exact) mass is 362 g/mol. The van der Waals surface area contributed by atoms with Crippen LogP contribution in [0.25, 0.3) is 10.9 Å². The number of carbonyl (C=O) groups excluding carboxylic acids is 1. The molecule has 1 aromatic carbocycles. The normalized spacial score (nSPS) is 14.3. The van der Waals surface area contributed by atoms with Gasteiger partial charge in [-0.25, -0.2) is 4.98 Å². The smallest absolute Gasteiger partial charge is 0.224 e. The van der Waals surface area contributed by atoms with Crippen molar-refractivity contribution in [3.05, 3.63) is 66.0 Å². The van der Waals surface area contributed by atoms with Gasteiger partial charge in [0.2, 0.25) is 5.91 Å². The largest absolute Gasteiger partial charge is 0.378 e. The Morgan fingerprint density at radius 1 is 1.00 bits per heavy atom. The number of pyridine rings is 2. The van der Waals surface area contributed by atoms with Crippen LogP contribution >= 0.6 is 0 Å². The van der Waals surface area contributed by atoms with Gasteiger partial charge in [-0.2, -0.15) is 0 Å². The third-order valence-corrected chi connectivity index (χ3v) is 4.72. The SMILES string of the molecule is O=C(Cc1cccc2cccnc12)NCc1cccnc1N1CCOCC1. The van der Waals surface area contributed by atoms with E-state index in [4.69, 9.17) is 4.74 Å². The van der Waals surface area contributed by atoms with Crippen molar-refractivity contribution in [3.63, 3.8) is 0 Å². The second-order valence-corrected chi connectivity index (χ2v) is 6.53. The van der Waals surface area contributed by atoms with E-state index in [1.54, 1.807) is 12.4 Å². The number of fused-ring (bicyclic) bond motifs is 1. The number of anilines is 1. The molecule has 1 N–H and O–H groups in total. The number of ether oxygens (including phenoxy) is 1. The summed E-state index contributed by atoms with van der Waals surface area (Å²) >= 11 is 0. The van der Waals surface area contributed by atoms with E-state index in [1.165, 1.54) is 0 Å². The summed E-state index contributed by atoms with van der Waals surface area (Å²) in [5, 5.41) is 4.07. The predicted octanol–water partition coefficient (Wildman–Crippen LogP) is 2.33. The first-order valence-electron chi connectivity index (χ1n) is 9.17. The van der Waals surface area contributed by atoms with E-state index >= 15 is 0 Å². The molecule has 0 unspecified atom stereocenters. The van der Waals surface area contributed by atoms with Crippen LogP contribution in [0, 0.1) is 0 Å². The Hall–Kier alpha value is -2.99. The topological polar surface area (TPSA) is 67.4 Å². The highest BCUT2D eigenvalue weighted by atomic mass is 16.5. The highest BCUT2D eigenvalue weighted by Crippen LogP contribution is 2.19. The number of para-hydroxylation sites is 1. The van der Waals surface area contributed by atoms with Crippen molar-refractivity contribution in [2.45, 2.75) is 13.0 Å². The fourth-order valence-corrected chi connectivity index (χ4v) is 3.37. The quantitative estimate of drug-likeness (QED) is 0.754. The maximum Gasteiger partial charge on any atom is 0.224 e. The molecule has 6 nitrogen and oxygen atoms in total. The Balaban J connectivity index is 1.44. The zero-order valence-electron chi connectivity index (χ0n) is 15.1. The van der Waals surface area contributed by atoms with Crippen LogP contribution in [-0.4, -0.2) is 42.2 Å². The van der Waals surface area contributed by atoms with Gasteiger partial charge in [-0.05, 0) is 17.7 Å². The summed E-state index contributed by atoms with van der Waals surface area (Å²) in [5.41, 5.74) is 2.83. The molecular weight excluding hydrogens is 340 g/mol. The van der Waals surface area contributed by atoms with Crippen LogP contribution in [0.4, 0.5) is 5.82 Å². The van der Waals surface area contributed by atoms with E-state index in [2.05, 4.69) is 20.2 Å². The third kappa shape index (κ3) is 4.06. The van der Waals surface area contributed by atoms with Crippen molar-refractivity contribution in [1.82, 2.24) is 15.3 Å². The van der Waals surface area contributed by atoms with Gasteiger partial charge in [0.1, 0.15) is 5.82 Å². The Labute approximate surface area is 158 Å². The van der Waals surface area contributed by atoms with Gasteiger partial charge in [0.25, 0.3) is 0 Å². The van der Waals surface area contributed by atoms with Crippen LogP contribution in [-0.2, 0) is 22.5 Å². The molecule has 1 fully saturated rings. The number of amides is 1. The van der Waals surface area contributed by atoms with E-state index in [-0.39, 0.29) is 5.91 Å². The molecule has 4 rings (SSSR count). The lowest BCUT2D eigenvalue weighted by molar-refractivity contribution is -0.120. The minimum Gasteiger partial charge on any atom is -0.378 e. The van der Waals surface area contributed by atoms with Gasteiger partial charge >= 0.3 is 0 Å². The number of hydrogen-bond acceptors (Lipinski definition) is 5. The first kappa shape index (κ1) is 17.4. The van der Waals surface area contributed by atoms with Gasteiger partial charge < -0.3 is 15.0 Å². The van der Waals surface area contributed by atoms with Gasteiger partial charge in [-0.15, -0.1) is 0 Å². The number of nitrogens with one attached hydrogen (secondary N) is 1. The standard InChI is InChI=1S/C21H22N4O2/c26-19(14-17-5-1-4-16-6-2-8-22-20(16)17)24-15-18-7-3-9-23-21(18)25-10-12-27-13-11-25/h1-9H,10-15H2,(H,24,26). The van der Waals surface area contributed by atoms with E-state index in [0.717, 1.165) is 40.9 Å². The van der Waals surface area contributed by atoms with E-state index < -0.39 is 0 Å². The lowest BCUT2D eigenvalue weighted by atomic mass is 10.1. The summed E-state index contributed by atoms with van der Waals surface area (Å²) in [6.07, 6.45) is 3.85. The predicted molar refractivity (Wildman–Crippen MR) is 105 cm³/mol. The fourth-order valence-electron chi connectivity index (χ4n) is 3.37. The molecule has 0 aliphatic carbocycles. The number of aromatic nitrogens is 2. The second kappa shape index (κ2) is 8.14. The van der Waals surface area contributed by atoms with Gasteiger partial charge in [0.05, 0.1) is 25.2 Å². The first-order chi connectivity index (χ1) is 13.3. The maximum absolute atomic E-state index is 12.5. The summed E-state index contributed by atoms with van der Waals surface area (Å²) in [5.74, 6) is 0.901. The summed E-state index contributed by atoms with van der Waals surface area (Å²) in [4.78, 5) is 23.7. The highest BCUT2D eigenvalue weighted by Gasteiger charge is 2.16. The Morgan fingerprint density at radius 2 is 1.74 bits per heavy atom. The van der Waals surface area contributed by atoms with Gasteiger partial charge in [0, 0.05) is 43.0 Å². The average molecular weight is 362 g/mol. The molecule has 0 bridgehead atoms. The van der Waals surface area contributed by atoms with Gasteiger partial charge in [0.15, 0.2) is 0 Å². The number of morpholine rings is 1. The Bertz CT molecular complexity index is 933. The third-order valence-electron chi connectivity index (χ3n) is 4.72. The zero-order chi connectivity index (χ0) is 18.5. The van der Waals surface area contributed by atoms with Gasteiger partial charge in [-0.3, -0.25) is 9.78 Å². The minimum atomic E-state index is -0.0232. The highest BCUT2D eigenvalue weighted by molar-refractivity contribution is 5.87. The van der Waals surface area contributed by atoms with Crippen molar-refractivity contribution in [1.29, 1.82) is 0 Å². The van der Waals surface area contributed by atoms with Gasteiger partial charge in [-0.1, -0.05) is 30.3 Å². The molecule has 1 saturated heterocycles. The van der Waals surface area contributed by atoms with Crippen LogP contribution in [0.15, 0.2) is 54.9 Å². The Morgan fingerprint density at radius 3 is 2.63 bits per heavy atom. The summed E-state index contributed by atoms with van der Waals surface area (Å²) in [7, 11) is 0. The summed E-state index contributed by atoms with van der Waals surface area (Å²) < 4.78 is 5.42. The number of benzene rings is 1. The van der Waals surface area contributed by atoms with Crippen LogP contribution in [0.1, 0.15) is 11.1 Å². The number of nitrogens with zero attached hydrogens (tertiary/aromatic N) is 3. The average Bonchev–Trinajstić information content (AvgIpc) is 2.73.